The number of benzene rings is 1. The molecule has 0 N–H and O–H groups in total. The van der Waals surface area contributed by atoms with Gasteiger partial charge in [0.1, 0.15) is 0 Å². The maximum Gasteiger partial charge on any atom is 0.628 e. The molecule has 19 heavy (non-hydrogen) atoms. The number of carbonyl (C=O) groups excluding carboxylic acids is 2. The molecule has 2 rings (SSSR count). The molecule has 5 heteroatoms. The van der Waals surface area contributed by atoms with Gasteiger partial charge in [-0.05, 0) is 11.5 Å². The third-order valence-electron chi connectivity index (χ3n) is 2.53. The number of carbonyl (C=O) groups is 2. The van der Waals surface area contributed by atoms with E-state index >= 15 is 0 Å². The van der Waals surface area contributed by atoms with Crippen LogP contribution < -0.4 is 0 Å². The summed E-state index contributed by atoms with van der Waals surface area (Å²) in [6, 6.07) is 9.47. The van der Waals surface area contributed by atoms with Crippen LogP contribution in [-0.2, 0) is 18.9 Å². The molecular weight excluding hydrogens is 243 g/mol. The van der Waals surface area contributed by atoms with Gasteiger partial charge >= 0.3 is 7.12 Å². The van der Waals surface area contributed by atoms with Crippen LogP contribution in [-0.4, -0.2) is 19.1 Å². The Morgan fingerprint density at radius 3 is 2.21 bits per heavy atom. The molecule has 1 fully saturated rings. The molecule has 0 unspecified atom stereocenters. The van der Waals surface area contributed by atoms with E-state index in [1.54, 1.807) is 12.1 Å². The summed E-state index contributed by atoms with van der Waals surface area (Å²) in [5.41, 5.74) is 1.43. The molecule has 1 aromatic rings. The Morgan fingerprint density at radius 2 is 1.63 bits per heavy atom. The molecule has 0 aliphatic carbocycles. The Hall–Kier alpha value is -2.30. The van der Waals surface area contributed by atoms with Gasteiger partial charge in [0.2, 0.25) is 0 Å². The van der Waals surface area contributed by atoms with Crippen LogP contribution in [0.15, 0.2) is 48.5 Å². The summed E-state index contributed by atoms with van der Waals surface area (Å²) in [6.45, 7) is 3.62. The molecule has 0 radical (unpaired) electrons. The lowest BCUT2D eigenvalue weighted by atomic mass is 9.87. The van der Waals surface area contributed by atoms with Crippen molar-refractivity contribution in [3.05, 3.63) is 54.0 Å². The van der Waals surface area contributed by atoms with E-state index in [1.165, 1.54) is 0 Å². The Bertz CT molecular complexity index is 500. The highest BCUT2D eigenvalue weighted by Crippen LogP contribution is 2.13. The Balaban J connectivity index is 2.06. The first-order valence-corrected chi connectivity index (χ1v) is 5.92. The van der Waals surface area contributed by atoms with Crippen LogP contribution in [0, 0.1) is 0 Å². The highest BCUT2D eigenvalue weighted by Gasteiger charge is 2.28. The third kappa shape index (κ3) is 4.14. The van der Waals surface area contributed by atoms with Gasteiger partial charge in [-0.15, -0.1) is 0 Å². The van der Waals surface area contributed by atoms with E-state index in [0.29, 0.717) is 5.57 Å². The van der Waals surface area contributed by atoms with E-state index < -0.39 is 19.1 Å². The van der Waals surface area contributed by atoms with E-state index in [1.807, 2.05) is 30.3 Å². The van der Waals surface area contributed by atoms with Crippen LogP contribution in [0.4, 0.5) is 0 Å². The molecular formula is C14H13BO4. The average molecular weight is 256 g/mol. The van der Waals surface area contributed by atoms with Gasteiger partial charge in [-0.1, -0.05) is 48.6 Å². The van der Waals surface area contributed by atoms with Crippen LogP contribution >= 0.6 is 0 Å². The van der Waals surface area contributed by atoms with Crippen molar-refractivity contribution in [3.63, 3.8) is 0 Å². The van der Waals surface area contributed by atoms with Crippen LogP contribution in [0.1, 0.15) is 18.4 Å². The number of hydrogen-bond acceptors (Lipinski definition) is 4. The van der Waals surface area contributed by atoms with Crippen molar-refractivity contribution in [2.45, 2.75) is 12.8 Å². The summed E-state index contributed by atoms with van der Waals surface area (Å²) in [6.07, 6.45) is 1.83. The predicted octanol–water partition coefficient (Wildman–Crippen LogP) is 2.16. The summed E-state index contributed by atoms with van der Waals surface area (Å²) in [5.74, 6) is 0.652. The zero-order valence-electron chi connectivity index (χ0n) is 10.4. The zero-order chi connectivity index (χ0) is 13.7. The first-order chi connectivity index (χ1) is 9.13. The minimum absolute atomic E-state index is 0.0464. The van der Waals surface area contributed by atoms with Gasteiger partial charge in [0.05, 0.1) is 12.8 Å². The number of hydrogen-bond donors (Lipinski definition) is 0. The molecule has 96 valence electrons. The summed E-state index contributed by atoms with van der Waals surface area (Å²) in [4.78, 5) is 22.9. The summed E-state index contributed by atoms with van der Waals surface area (Å²) in [5, 5.41) is 0. The van der Waals surface area contributed by atoms with Gasteiger partial charge in [-0.2, -0.15) is 0 Å². The first kappa shape index (κ1) is 13.1. The predicted molar refractivity (Wildman–Crippen MR) is 71.8 cm³/mol. The molecule has 0 atom stereocenters. The van der Waals surface area contributed by atoms with Gasteiger partial charge < -0.3 is 9.31 Å². The zero-order valence-corrected chi connectivity index (χ0v) is 10.4. The maximum atomic E-state index is 11.5. The van der Waals surface area contributed by atoms with E-state index in [4.69, 9.17) is 9.31 Å². The quantitative estimate of drug-likeness (QED) is 0.601. The van der Waals surface area contributed by atoms with Crippen LogP contribution in [0.5, 0.6) is 0 Å². The second-order valence-corrected chi connectivity index (χ2v) is 4.22. The Labute approximate surface area is 111 Å². The van der Waals surface area contributed by atoms with Gasteiger partial charge in [-0.25, -0.2) is 0 Å². The van der Waals surface area contributed by atoms with Crippen molar-refractivity contribution in [1.82, 2.24) is 0 Å². The van der Waals surface area contributed by atoms with Gasteiger partial charge in [0, 0.05) is 0 Å². The van der Waals surface area contributed by atoms with E-state index in [9.17, 15) is 9.59 Å². The van der Waals surface area contributed by atoms with Crippen LogP contribution in [0.3, 0.4) is 0 Å². The molecule has 1 aliphatic rings. The van der Waals surface area contributed by atoms with Crippen LogP contribution in [0.25, 0.3) is 6.08 Å². The maximum absolute atomic E-state index is 11.5. The Kier molecular flexibility index (Phi) is 4.18. The number of rotatable bonds is 2. The van der Waals surface area contributed by atoms with E-state index in [2.05, 4.69) is 6.58 Å². The fourth-order valence-electron chi connectivity index (χ4n) is 1.67. The lowest BCUT2D eigenvalue weighted by Gasteiger charge is -2.16. The molecule has 4 nitrogen and oxygen atoms in total. The highest BCUT2D eigenvalue weighted by atomic mass is 16.6. The molecule has 0 saturated carbocycles. The van der Waals surface area contributed by atoms with Crippen molar-refractivity contribution < 1.29 is 18.9 Å². The molecule has 1 aromatic carbocycles. The van der Waals surface area contributed by atoms with Crippen molar-refractivity contribution in [1.29, 1.82) is 0 Å². The average Bonchev–Trinajstić information content (AvgIpc) is 2.35. The van der Waals surface area contributed by atoms with Gasteiger partial charge in [0.15, 0.2) is 0 Å². The molecule has 0 amide bonds. The minimum atomic E-state index is -0.978. The molecule has 0 bridgehead atoms. The van der Waals surface area contributed by atoms with Crippen LogP contribution in [0.2, 0.25) is 0 Å². The normalized spacial score (nSPS) is 16.8. The standard InChI is InChI=1S/C14H13BO4/c1-11-9-13(16)18-15(19-14(17)10-11)8-7-12-5-3-2-4-6-12/h2-8H,1,9-10H2/b8-7+. The van der Waals surface area contributed by atoms with E-state index in [0.717, 1.165) is 5.56 Å². The molecule has 0 aromatic heterocycles. The smallest absolute Gasteiger partial charge is 0.495 e. The Morgan fingerprint density at radius 1 is 1.05 bits per heavy atom. The third-order valence-corrected chi connectivity index (χ3v) is 2.53. The van der Waals surface area contributed by atoms with Gasteiger partial charge in [0.25, 0.3) is 11.9 Å². The van der Waals surface area contributed by atoms with E-state index in [-0.39, 0.29) is 12.8 Å². The topological polar surface area (TPSA) is 52.6 Å². The summed E-state index contributed by atoms with van der Waals surface area (Å²) >= 11 is 0. The summed E-state index contributed by atoms with van der Waals surface area (Å²) < 4.78 is 10.0. The molecule has 1 heterocycles. The van der Waals surface area contributed by atoms with Crippen molar-refractivity contribution in [3.8, 4) is 0 Å². The van der Waals surface area contributed by atoms with Crippen molar-refractivity contribution in [2.75, 3.05) is 0 Å². The second kappa shape index (κ2) is 6.04. The fraction of sp³-hybridized carbons (Fsp3) is 0.143. The molecule has 1 aliphatic heterocycles. The minimum Gasteiger partial charge on any atom is -0.495 e. The van der Waals surface area contributed by atoms with Crippen molar-refractivity contribution in [2.24, 2.45) is 0 Å². The second-order valence-electron chi connectivity index (χ2n) is 4.22. The molecule has 1 saturated heterocycles. The first-order valence-electron chi connectivity index (χ1n) is 5.92. The lowest BCUT2D eigenvalue weighted by molar-refractivity contribution is -0.140. The lowest BCUT2D eigenvalue weighted by Crippen LogP contribution is -2.30. The highest BCUT2D eigenvalue weighted by molar-refractivity contribution is 6.55. The summed E-state index contributed by atoms with van der Waals surface area (Å²) in [7, 11) is -0.978. The molecule has 0 spiro atoms. The largest absolute Gasteiger partial charge is 0.628 e. The van der Waals surface area contributed by atoms with Gasteiger partial charge in [-0.3, -0.25) is 9.59 Å². The van der Waals surface area contributed by atoms with Crippen molar-refractivity contribution >= 4 is 25.1 Å². The fourth-order valence-corrected chi connectivity index (χ4v) is 1.67. The SMILES string of the molecule is C=C1CC(=O)OB(/C=C/c2ccccc2)OC(=O)C1. The monoisotopic (exact) mass is 256 g/mol.